The zero-order chi connectivity index (χ0) is 14.8. The number of piperidine rings is 1. The number of rotatable bonds is 2. The Balaban J connectivity index is 2.01. The lowest BCUT2D eigenvalue weighted by atomic mass is 9.75. The monoisotopic (exact) mass is 276 g/mol. The van der Waals surface area contributed by atoms with E-state index in [4.69, 9.17) is 0 Å². The number of amides is 1. The van der Waals surface area contributed by atoms with Crippen LogP contribution in [-0.2, 0) is 0 Å². The second-order valence-corrected chi connectivity index (χ2v) is 6.47. The van der Waals surface area contributed by atoms with E-state index in [1.807, 2.05) is 4.90 Å². The first-order valence-electron chi connectivity index (χ1n) is 7.21. The summed E-state index contributed by atoms with van der Waals surface area (Å²) in [5.41, 5.74) is 0.743. The number of nitrogens with zero attached hydrogens (tertiary/aromatic N) is 3. The average molecular weight is 276 g/mol. The molecule has 5 nitrogen and oxygen atoms in total. The maximum Gasteiger partial charge on any atom is 0.274 e. The number of anilines is 1. The van der Waals surface area contributed by atoms with Gasteiger partial charge >= 0.3 is 0 Å². The van der Waals surface area contributed by atoms with Gasteiger partial charge in [0.2, 0.25) is 0 Å². The van der Waals surface area contributed by atoms with Gasteiger partial charge in [0.05, 0.1) is 12.4 Å². The number of hydrogen-bond donors (Lipinski definition) is 1. The predicted molar refractivity (Wildman–Crippen MR) is 79.7 cm³/mol. The first-order valence-corrected chi connectivity index (χ1v) is 7.21. The molecule has 110 valence electrons. The molecular formula is C15H24N4O. The van der Waals surface area contributed by atoms with E-state index in [1.54, 1.807) is 19.4 Å². The quantitative estimate of drug-likeness (QED) is 0.901. The molecule has 2 rings (SSSR count). The highest BCUT2D eigenvalue weighted by molar-refractivity contribution is 5.92. The maximum atomic E-state index is 12.4. The third-order valence-electron chi connectivity index (χ3n) is 4.12. The molecule has 0 aromatic carbocycles. The molecule has 0 spiro atoms. The second-order valence-electron chi connectivity index (χ2n) is 6.47. The molecule has 5 heteroatoms. The van der Waals surface area contributed by atoms with Gasteiger partial charge < -0.3 is 10.2 Å². The summed E-state index contributed by atoms with van der Waals surface area (Å²) >= 11 is 0. The SMILES string of the molecule is CNc1cncc(C(=O)N2CCC(C(C)(C)C)CC2)n1. The maximum absolute atomic E-state index is 12.4. The fourth-order valence-electron chi connectivity index (χ4n) is 2.70. The van der Waals surface area contributed by atoms with Gasteiger partial charge in [-0.25, -0.2) is 4.98 Å². The van der Waals surface area contributed by atoms with E-state index in [9.17, 15) is 4.79 Å². The largest absolute Gasteiger partial charge is 0.372 e. The van der Waals surface area contributed by atoms with Crippen molar-refractivity contribution in [1.82, 2.24) is 14.9 Å². The van der Waals surface area contributed by atoms with Crippen LogP contribution in [0.2, 0.25) is 0 Å². The van der Waals surface area contributed by atoms with Crippen LogP contribution < -0.4 is 5.32 Å². The molecule has 1 aliphatic rings. The fourth-order valence-corrected chi connectivity index (χ4v) is 2.70. The van der Waals surface area contributed by atoms with E-state index in [-0.39, 0.29) is 5.91 Å². The Morgan fingerprint density at radius 1 is 1.30 bits per heavy atom. The van der Waals surface area contributed by atoms with E-state index in [0.29, 0.717) is 22.8 Å². The summed E-state index contributed by atoms with van der Waals surface area (Å²) in [6, 6.07) is 0. The molecule has 0 bridgehead atoms. The van der Waals surface area contributed by atoms with E-state index >= 15 is 0 Å². The molecular weight excluding hydrogens is 252 g/mol. The number of aromatic nitrogens is 2. The summed E-state index contributed by atoms with van der Waals surface area (Å²) in [6.07, 6.45) is 5.28. The highest BCUT2D eigenvalue weighted by Crippen LogP contribution is 2.34. The summed E-state index contributed by atoms with van der Waals surface area (Å²) in [4.78, 5) is 22.6. The first-order chi connectivity index (χ1) is 9.41. The lowest BCUT2D eigenvalue weighted by Gasteiger charge is -2.38. The molecule has 0 saturated carbocycles. The van der Waals surface area contributed by atoms with Crippen LogP contribution >= 0.6 is 0 Å². The van der Waals surface area contributed by atoms with Gasteiger partial charge in [0.1, 0.15) is 11.5 Å². The standard InChI is InChI=1S/C15H24N4O/c1-15(2,3)11-5-7-19(8-6-11)14(20)12-9-17-10-13(16-4)18-12/h9-11H,5-8H2,1-4H3,(H,16,18). The second kappa shape index (κ2) is 5.77. The third kappa shape index (κ3) is 3.26. The summed E-state index contributed by atoms with van der Waals surface area (Å²) in [5.74, 6) is 1.30. The molecule has 1 N–H and O–H groups in total. The van der Waals surface area contributed by atoms with Crippen molar-refractivity contribution in [1.29, 1.82) is 0 Å². The van der Waals surface area contributed by atoms with E-state index < -0.39 is 0 Å². The molecule has 1 aliphatic heterocycles. The van der Waals surface area contributed by atoms with Crippen LogP contribution in [0.1, 0.15) is 44.1 Å². The molecule has 20 heavy (non-hydrogen) atoms. The molecule has 1 fully saturated rings. The lowest BCUT2D eigenvalue weighted by molar-refractivity contribution is 0.0603. The van der Waals surface area contributed by atoms with Crippen molar-refractivity contribution >= 4 is 11.7 Å². The highest BCUT2D eigenvalue weighted by atomic mass is 16.2. The van der Waals surface area contributed by atoms with Gasteiger partial charge in [-0.05, 0) is 24.2 Å². The molecule has 1 aromatic rings. The van der Waals surface area contributed by atoms with Gasteiger partial charge in [-0.1, -0.05) is 20.8 Å². The van der Waals surface area contributed by atoms with Gasteiger partial charge in [0, 0.05) is 20.1 Å². The van der Waals surface area contributed by atoms with Crippen LogP contribution in [0.15, 0.2) is 12.4 Å². The minimum atomic E-state index is -0.0121. The summed E-state index contributed by atoms with van der Waals surface area (Å²) in [5, 5.41) is 2.91. The first kappa shape index (κ1) is 14.8. The highest BCUT2D eigenvalue weighted by Gasteiger charge is 2.31. The van der Waals surface area contributed by atoms with Crippen molar-refractivity contribution in [3.63, 3.8) is 0 Å². The van der Waals surface area contributed by atoms with Crippen molar-refractivity contribution in [2.75, 3.05) is 25.5 Å². The van der Waals surface area contributed by atoms with Crippen molar-refractivity contribution < 1.29 is 4.79 Å². The number of nitrogens with one attached hydrogen (secondary N) is 1. The summed E-state index contributed by atoms with van der Waals surface area (Å²) in [6.45, 7) is 8.45. The van der Waals surface area contributed by atoms with Gasteiger partial charge in [0.15, 0.2) is 0 Å². The minimum absolute atomic E-state index is 0.0121. The van der Waals surface area contributed by atoms with Crippen LogP contribution in [0.4, 0.5) is 5.82 Å². The van der Waals surface area contributed by atoms with Gasteiger partial charge in [0.25, 0.3) is 5.91 Å². The van der Waals surface area contributed by atoms with Crippen LogP contribution in [-0.4, -0.2) is 40.9 Å². The average Bonchev–Trinajstić information content (AvgIpc) is 2.46. The van der Waals surface area contributed by atoms with Crippen molar-refractivity contribution in [3.8, 4) is 0 Å². The number of hydrogen-bond acceptors (Lipinski definition) is 4. The molecule has 0 aliphatic carbocycles. The van der Waals surface area contributed by atoms with E-state index in [2.05, 4.69) is 36.1 Å². The predicted octanol–water partition coefficient (Wildman–Crippen LogP) is 2.42. The molecule has 0 atom stereocenters. The molecule has 1 amide bonds. The van der Waals surface area contributed by atoms with Crippen LogP contribution in [0.3, 0.4) is 0 Å². The summed E-state index contributed by atoms with van der Waals surface area (Å²) < 4.78 is 0. The third-order valence-corrected chi connectivity index (χ3v) is 4.12. The van der Waals surface area contributed by atoms with Crippen molar-refractivity contribution in [2.24, 2.45) is 11.3 Å². The zero-order valence-corrected chi connectivity index (χ0v) is 12.8. The van der Waals surface area contributed by atoms with E-state index in [0.717, 1.165) is 25.9 Å². The van der Waals surface area contributed by atoms with Crippen LogP contribution in [0, 0.1) is 11.3 Å². The van der Waals surface area contributed by atoms with Crippen LogP contribution in [0.25, 0.3) is 0 Å². The Hall–Kier alpha value is -1.65. The zero-order valence-electron chi connectivity index (χ0n) is 12.8. The van der Waals surface area contributed by atoms with Crippen molar-refractivity contribution in [2.45, 2.75) is 33.6 Å². The lowest BCUT2D eigenvalue weighted by Crippen LogP contribution is -2.41. The molecule has 1 aromatic heterocycles. The number of likely N-dealkylation sites (tertiary alicyclic amines) is 1. The normalized spacial score (nSPS) is 17.1. The molecule has 0 unspecified atom stereocenters. The van der Waals surface area contributed by atoms with Gasteiger partial charge in [-0.15, -0.1) is 0 Å². The number of carbonyl (C=O) groups is 1. The van der Waals surface area contributed by atoms with E-state index in [1.165, 1.54) is 0 Å². The molecule has 1 saturated heterocycles. The Labute approximate surface area is 120 Å². The smallest absolute Gasteiger partial charge is 0.274 e. The Kier molecular flexibility index (Phi) is 4.26. The van der Waals surface area contributed by atoms with Crippen molar-refractivity contribution in [3.05, 3.63) is 18.1 Å². The van der Waals surface area contributed by atoms with Crippen LogP contribution in [0.5, 0.6) is 0 Å². The Morgan fingerprint density at radius 2 is 1.95 bits per heavy atom. The Bertz CT molecular complexity index is 473. The topological polar surface area (TPSA) is 58.1 Å². The Morgan fingerprint density at radius 3 is 2.50 bits per heavy atom. The fraction of sp³-hybridized carbons (Fsp3) is 0.667. The molecule has 2 heterocycles. The number of carbonyl (C=O) groups excluding carboxylic acids is 1. The van der Waals surface area contributed by atoms with Gasteiger partial charge in [-0.3, -0.25) is 9.78 Å². The van der Waals surface area contributed by atoms with Gasteiger partial charge in [-0.2, -0.15) is 0 Å². The minimum Gasteiger partial charge on any atom is -0.372 e. The summed E-state index contributed by atoms with van der Waals surface area (Å²) in [7, 11) is 1.77. The molecule has 0 radical (unpaired) electrons.